The van der Waals surface area contributed by atoms with E-state index in [1.165, 1.54) is 11.1 Å². The molecule has 0 bridgehead atoms. The fraction of sp³-hybridized carbons (Fsp3) is 0.434. The second-order valence-electron chi connectivity index (χ2n) is 16.0. The van der Waals surface area contributed by atoms with Crippen molar-refractivity contribution in [2.75, 3.05) is 73.2 Å². The molecule has 4 atom stereocenters. The number of ether oxygens (including phenoxy) is 8. The number of epoxide rings is 4. The molecule has 10 heteroatoms. The summed E-state index contributed by atoms with van der Waals surface area (Å²) >= 11 is 0. The molecule has 10 rings (SSSR count). The minimum atomic E-state index is 0.343. The standard InChI is InChI=1S/3C9H10O2.2C9H12.2C4H8O2/c3*1-2-4-8(5-3-1)10-6-9-7-11-9;2*1-8(2)9-6-4-3-5-7-9;1-5-2-4-3-6-4;1-4-2-5-6-3-4/h3*1-5,9H,6-7H2;2*3-8H,1-2H3;2*4H,2-3H2,1H3. The minimum absolute atomic E-state index is 0.343. The average Bonchev–Trinajstić information content (AvgIpc) is 4.11. The molecule has 4 unspecified atom stereocenters. The first-order valence-electron chi connectivity index (χ1n) is 22.1. The van der Waals surface area contributed by atoms with Crippen LogP contribution < -0.4 is 14.2 Å². The molecule has 63 heavy (non-hydrogen) atoms. The molecule has 5 aromatic rings. The Labute approximate surface area is 376 Å². The van der Waals surface area contributed by atoms with E-state index in [1.54, 1.807) is 7.11 Å². The van der Waals surface area contributed by atoms with Crippen LogP contribution in [0.4, 0.5) is 0 Å². The number of rotatable bonds is 13. The Bertz CT molecular complexity index is 1610. The Morgan fingerprint density at radius 3 is 0.825 bits per heavy atom. The largest absolute Gasteiger partial charge is 0.491 e. The Balaban J connectivity index is 0.000000163. The Morgan fingerprint density at radius 1 is 0.397 bits per heavy atom. The molecule has 0 saturated carbocycles. The second kappa shape index (κ2) is 31.1. The molecule has 0 aliphatic carbocycles. The third-order valence-corrected chi connectivity index (χ3v) is 9.22. The van der Waals surface area contributed by atoms with Crippen LogP contribution in [0.3, 0.4) is 0 Å². The van der Waals surface area contributed by atoms with Gasteiger partial charge in [0.05, 0.1) is 46.2 Å². The molecular weight excluding hydrogens is 797 g/mol. The summed E-state index contributed by atoms with van der Waals surface area (Å²) in [5.74, 6) is 4.68. The lowest BCUT2D eigenvalue weighted by molar-refractivity contribution is -0.248. The van der Waals surface area contributed by atoms with Crippen molar-refractivity contribution in [3.63, 3.8) is 0 Å². The smallest absolute Gasteiger partial charge is 0.119 e. The molecule has 5 fully saturated rings. The van der Waals surface area contributed by atoms with Gasteiger partial charge in [0, 0.05) is 13.0 Å². The quantitative estimate of drug-likeness (QED) is 0.0839. The number of hydrogen-bond donors (Lipinski definition) is 0. The lowest BCUT2D eigenvalue weighted by atomic mass is 10.0. The van der Waals surface area contributed by atoms with Gasteiger partial charge in [-0.15, -0.1) is 0 Å². The predicted molar refractivity (Wildman–Crippen MR) is 249 cm³/mol. The molecule has 5 saturated heterocycles. The predicted octanol–water partition coefficient (Wildman–Crippen LogP) is 10.6. The topological polar surface area (TPSA) is 106 Å². The van der Waals surface area contributed by atoms with Gasteiger partial charge in [-0.05, 0) is 59.4 Å². The summed E-state index contributed by atoms with van der Waals surface area (Å²) in [5.41, 5.74) is 2.83. The third kappa shape index (κ3) is 27.1. The van der Waals surface area contributed by atoms with E-state index < -0.39 is 0 Å². The lowest BCUT2D eigenvalue weighted by Gasteiger charge is -2.01. The van der Waals surface area contributed by atoms with Gasteiger partial charge in [0.25, 0.3) is 0 Å². The van der Waals surface area contributed by atoms with Gasteiger partial charge < -0.3 is 37.9 Å². The van der Waals surface area contributed by atoms with Gasteiger partial charge in [-0.3, -0.25) is 0 Å². The van der Waals surface area contributed by atoms with Gasteiger partial charge in [0.2, 0.25) is 0 Å². The maximum atomic E-state index is 5.40. The first kappa shape index (κ1) is 50.9. The molecule has 5 aliphatic rings. The van der Waals surface area contributed by atoms with Gasteiger partial charge in [0.15, 0.2) is 0 Å². The molecule has 0 amide bonds. The van der Waals surface area contributed by atoms with Crippen LogP contribution in [0.5, 0.6) is 17.2 Å². The SMILES string of the molecule is CC(C)c1ccccc1.CC(C)c1ccccc1.CC1COOC1.COCC1CO1.c1ccc(OCC2CO2)cc1.c1ccc(OCC2CO2)cc1.c1ccc(OCC2CO2)cc1. The number of hydrogen-bond acceptors (Lipinski definition) is 10. The van der Waals surface area contributed by atoms with Gasteiger partial charge in [-0.25, -0.2) is 9.78 Å². The van der Waals surface area contributed by atoms with Crippen LogP contribution in [0.15, 0.2) is 152 Å². The van der Waals surface area contributed by atoms with Crippen LogP contribution >= 0.6 is 0 Å². The molecule has 5 aromatic carbocycles. The normalized spacial score (nSPS) is 19.4. The van der Waals surface area contributed by atoms with Gasteiger partial charge in [-0.2, -0.15) is 0 Å². The molecule has 0 aromatic heterocycles. The average molecular weight is 867 g/mol. The van der Waals surface area contributed by atoms with Crippen molar-refractivity contribution < 1.29 is 47.7 Å². The van der Waals surface area contributed by atoms with E-state index in [2.05, 4.69) is 92.9 Å². The van der Waals surface area contributed by atoms with Crippen molar-refractivity contribution >= 4 is 0 Å². The minimum Gasteiger partial charge on any atom is -0.491 e. The highest BCUT2D eigenvalue weighted by Crippen LogP contribution is 2.17. The number of para-hydroxylation sites is 3. The van der Waals surface area contributed by atoms with Crippen LogP contribution in [-0.4, -0.2) is 97.6 Å². The second-order valence-corrected chi connectivity index (χ2v) is 16.0. The van der Waals surface area contributed by atoms with Crippen LogP contribution in [-0.2, 0) is 33.5 Å². The van der Waals surface area contributed by atoms with Crippen molar-refractivity contribution in [3.05, 3.63) is 163 Å². The summed E-state index contributed by atoms with van der Waals surface area (Å²) in [6.45, 7) is 18.7. The maximum Gasteiger partial charge on any atom is 0.119 e. The Kier molecular flexibility index (Phi) is 25.1. The van der Waals surface area contributed by atoms with E-state index in [0.29, 0.717) is 62.0 Å². The first-order chi connectivity index (χ1) is 30.8. The molecule has 0 radical (unpaired) electrons. The Hall–Kier alpha value is -4.78. The molecule has 342 valence electrons. The molecule has 10 nitrogen and oxygen atoms in total. The van der Waals surface area contributed by atoms with Gasteiger partial charge in [0.1, 0.15) is 61.5 Å². The zero-order valence-corrected chi connectivity index (χ0v) is 38.1. The summed E-state index contributed by atoms with van der Waals surface area (Å²) in [6, 6.07) is 50.4. The zero-order chi connectivity index (χ0) is 44.7. The summed E-state index contributed by atoms with van der Waals surface area (Å²) < 4.78 is 40.8. The number of methoxy groups -OCH3 is 1. The highest BCUT2D eigenvalue weighted by atomic mass is 17.2. The van der Waals surface area contributed by atoms with Crippen molar-refractivity contribution in [3.8, 4) is 17.2 Å². The summed E-state index contributed by atoms with van der Waals surface area (Å²) in [4.78, 5) is 9.11. The zero-order valence-electron chi connectivity index (χ0n) is 38.1. The van der Waals surface area contributed by atoms with E-state index in [-0.39, 0.29) is 0 Å². The first-order valence-corrected chi connectivity index (χ1v) is 22.1. The molecular formula is C53H70O10. The highest BCUT2D eigenvalue weighted by molar-refractivity contribution is 5.23. The van der Waals surface area contributed by atoms with E-state index in [9.17, 15) is 0 Å². The van der Waals surface area contributed by atoms with Crippen molar-refractivity contribution in [2.45, 2.75) is 70.9 Å². The molecule has 0 N–H and O–H groups in total. The van der Waals surface area contributed by atoms with E-state index >= 15 is 0 Å². The van der Waals surface area contributed by atoms with Crippen LogP contribution in [0.1, 0.15) is 57.6 Å². The summed E-state index contributed by atoms with van der Waals surface area (Å²) in [6.07, 6.45) is 1.45. The molecule has 0 spiro atoms. The highest BCUT2D eigenvalue weighted by Gasteiger charge is 2.24. The Morgan fingerprint density at radius 2 is 0.651 bits per heavy atom. The van der Waals surface area contributed by atoms with E-state index in [0.717, 1.165) is 63.5 Å². The van der Waals surface area contributed by atoms with Crippen LogP contribution in [0.2, 0.25) is 0 Å². The van der Waals surface area contributed by atoms with Gasteiger partial charge in [-0.1, -0.05) is 150 Å². The lowest BCUT2D eigenvalue weighted by Crippen LogP contribution is -2.03. The third-order valence-electron chi connectivity index (χ3n) is 9.22. The maximum absolute atomic E-state index is 5.40. The van der Waals surface area contributed by atoms with E-state index in [1.807, 2.05) is 103 Å². The number of benzene rings is 5. The van der Waals surface area contributed by atoms with Crippen LogP contribution in [0.25, 0.3) is 0 Å². The monoisotopic (exact) mass is 866 g/mol. The molecule has 5 heterocycles. The van der Waals surface area contributed by atoms with Crippen molar-refractivity contribution in [1.82, 2.24) is 0 Å². The van der Waals surface area contributed by atoms with E-state index in [4.69, 9.17) is 37.9 Å². The fourth-order valence-corrected chi connectivity index (χ4v) is 5.01. The van der Waals surface area contributed by atoms with Crippen molar-refractivity contribution in [1.29, 1.82) is 0 Å². The van der Waals surface area contributed by atoms with Crippen molar-refractivity contribution in [2.24, 2.45) is 5.92 Å². The van der Waals surface area contributed by atoms with Crippen LogP contribution in [0, 0.1) is 5.92 Å². The fourth-order valence-electron chi connectivity index (χ4n) is 5.01. The summed E-state index contributed by atoms with van der Waals surface area (Å²) in [7, 11) is 1.68. The molecule has 5 aliphatic heterocycles. The summed E-state index contributed by atoms with van der Waals surface area (Å²) in [5, 5.41) is 0. The van der Waals surface area contributed by atoms with Gasteiger partial charge >= 0.3 is 0 Å².